The standard InChI is InChI=1S/C14H17NO3S2/c1-2-11-5-6-14(8-12(11)10-16)20(17,18)15-9-13-4-3-7-19-13/h3-8,15-16H,2,9-10H2,1H3. The molecule has 108 valence electrons. The lowest BCUT2D eigenvalue weighted by atomic mass is 10.1. The number of aliphatic hydroxyl groups is 1. The summed E-state index contributed by atoms with van der Waals surface area (Å²) in [6, 6.07) is 8.64. The predicted molar refractivity (Wildman–Crippen MR) is 80.1 cm³/mol. The number of sulfonamides is 1. The predicted octanol–water partition coefficient (Wildman–Crippen LogP) is 2.28. The van der Waals surface area contributed by atoms with Gasteiger partial charge in [-0.15, -0.1) is 11.3 Å². The molecule has 1 aromatic heterocycles. The molecule has 0 aliphatic heterocycles. The van der Waals surface area contributed by atoms with E-state index < -0.39 is 10.0 Å². The van der Waals surface area contributed by atoms with Crippen molar-refractivity contribution < 1.29 is 13.5 Å². The second-order valence-electron chi connectivity index (χ2n) is 4.35. The van der Waals surface area contributed by atoms with E-state index >= 15 is 0 Å². The lowest BCUT2D eigenvalue weighted by molar-refractivity contribution is 0.280. The van der Waals surface area contributed by atoms with E-state index in [1.807, 2.05) is 24.4 Å². The van der Waals surface area contributed by atoms with Gasteiger partial charge < -0.3 is 5.11 Å². The molecule has 0 bridgehead atoms. The van der Waals surface area contributed by atoms with E-state index in [9.17, 15) is 13.5 Å². The fourth-order valence-corrected chi connectivity index (χ4v) is 3.72. The summed E-state index contributed by atoms with van der Waals surface area (Å²) in [5.74, 6) is 0. The molecule has 2 N–H and O–H groups in total. The van der Waals surface area contributed by atoms with Gasteiger partial charge in [0.05, 0.1) is 11.5 Å². The minimum absolute atomic E-state index is 0.155. The van der Waals surface area contributed by atoms with E-state index in [4.69, 9.17) is 0 Å². The fourth-order valence-electron chi connectivity index (χ4n) is 1.92. The summed E-state index contributed by atoms with van der Waals surface area (Å²) < 4.78 is 27.0. The molecule has 1 heterocycles. The highest BCUT2D eigenvalue weighted by Crippen LogP contribution is 2.18. The first-order chi connectivity index (χ1) is 9.56. The molecule has 0 aliphatic rings. The summed E-state index contributed by atoms with van der Waals surface area (Å²) in [5, 5.41) is 11.2. The summed E-state index contributed by atoms with van der Waals surface area (Å²) >= 11 is 1.51. The van der Waals surface area contributed by atoms with Crippen molar-refractivity contribution >= 4 is 21.4 Å². The SMILES string of the molecule is CCc1ccc(S(=O)(=O)NCc2cccs2)cc1CO. The van der Waals surface area contributed by atoms with E-state index in [0.29, 0.717) is 5.56 Å². The zero-order chi connectivity index (χ0) is 14.6. The van der Waals surface area contributed by atoms with Gasteiger partial charge in [-0.05, 0) is 41.1 Å². The smallest absolute Gasteiger partial charge is 0.240 e. The molecule has 0 atom stereocenters. The van der Waals surface area contributed by atoms with Crippen molar-refractivity contribution in [3.8, 4) is 0 Å². The zero-order valence-corrected chi connectivity index (χ0v) is 12.8. The average Bonchev–Trinajstić information content (AvgIpc) is 2.97. The van der Waals surface area contributed by atoms with Gasteiger partial charge in [0.15, 0.2) is 0 Å². The van der Waals surface area contributed by atoms with Gasteiger partial charge in [0.2, 0.25) is 10.0 Å². The van der Waals surface area contributed by atoms with Crippen LogP contribution in [0.2, 0.25) is 0 Å². The number of hydrogen-bond donors (Lipinski definition) is 2. The zero-order valence-electron chi connectivity index (χ0n) is 11.2. The number of benzene rings is 1. The Bertz CT molecular complexity index is 664. The largest absolute Gasteiger partial charge is 0.392 e. The van der Waals surface area contributed by atoms with Crippen molar-refractivity contribution in [1.29, 1.82) is 0 Å². The number of nitrogens with one attached hydrogen (secondary N) is 1. The van der Waals surface area contributed by atoms with Crippen LogP contribution in [0.3, 0.4) is 0 Å². The normalized spacial score (nSPS) is 11.7. The van der Waals surface area contributed by atoms with E-state index in [0.717, 1.165) is 16.9 Å². The van der Waals surface area contributed by atoms with Gasteiger partial charge in [-0.2, -0.15) is 0 Å². The Labute approximate surface area is 123 Å². The van der Waals surface area contributed by atoms with Crippen LogP contribution in [0.5, 0.6) is 0 Å². The minimum Gasteiger partial charge on any atom is -0.392 e. The van der Waals surface area contributed by atoms with Crippen molar-refractivity contribution in [3.63, 3.8) is 0 Å². The molecule has 2 rings (SSSR count). The molecule has 1 aromatic carbocycles. The molecule has 0 aliphatic carbocycles. The first-order valence-electron chi connectivity index (χ1n) is 6.31. The molecule has 6 heteroatoms. The van der Waals surface area contributed by atoms with Crippen molar-refractivity contribution in [3.05, 3.63) is 51.7 Å². The van der Waals surface area contributed by atoms with Crippen LogP contribution in [-0.2, 0) is 29.6 Å². The van der Waals surface area contributed by atoms with Gasteiger partial charge in [0.25, 0.3) is 0 Å². The summed E-state index contributed by atoms with van der Waals surface area (Å²) in [4.78, 5) is 1.15. The van der Waals surface area contributed by atoms with Gasteiger partial charge in [-0.3, -0.25) is 0 Å². The third-order valence-corrected chi connectivity index (χ3v) is 5.33. The molecule has 4 nitrogen and oxygen atoms in total. The Balaban J connectivity index is 2.20. The number of aryl methyl sites for hydroxylation is 1. The fraction of sp³-hybridized carbons (Fsp3) is 0.286. The monoisotopic (exact) mass is 311 g/mol. The maximum Gasteiger partial charge on any atom is 0.240 e. The van der Waals surface area contributed by atoms with Gasteiger partial charge >= 0.3 is 0 Å². The third-order valence-electron chi connectivity index (χ3n) is 3.06. The van der Waals surface area contributed by atoms with Crippen molar-refractivity contribution in [2.45, 2.75) is 31.4 Å². The van der Waals surface area contributed by atoms with Crippen LogP contribution < -0.4 is 4.72 Å². The number of aliphatic hydroxyl groups excluding tert-OH is 1. The second-order valence-corrected chi connectivity index (χ2v) is 7.15. The van der Waals surface area contributed by atoms with Crippen molar-refractivity contribution in [2.75, 3.05) is 0 Å². The molecule has 0 saturated carbocycles. The van der Waals surface area contributed by atoms with Crippen LogP contribution in [0.15, 0.2) is 40.6 Å². The maximum absolute atomic E-state index is 12.2. The first kappa shape index (κ1) is 15.2. The molecule has 0 saturated heterocycles. The topological polar surface area (TPSA) is 66.4 Å². The Morgan fingerprint density at radius 2 is 2.05 bits per heavy atom. The van der Waals surface area contributed by atoms with Crippen LogP contribution in [0.25, 0.3) is 0 Å². The van der Waals surface area contributed by atoms with E-state index in [-0.39, 0.29) is 18.0 Å². The Morgan fingerprint density at radius 3 is 2.65 bits per heavy atom. The summed E-state index contributed by atoms with van der Waals surface area (Å²) in [5.41, 5.74) is 1.62. The Hall–Kier alpha value is -1.21. The molecule has 0 unspecified atom stereocenters. The van der Waals surface area contributed by atoms with Crippen LogP contribution in [0.1, 0.15) is 22.9 Å². The highest BCUT2D eigenvalue weighted by Gasteiger charge is 2.15. The molecular weight excluding hydrogens is 294 g/mol. The third kappa shape index (κ3) is 3.46. The van der Waals surface area contributed by atoms with E-state index in [1.54, 1.807) is 12.1 Å². The second kappa shape index (κ2) is 6.49. The first-order valence-corrected chi connectivity index (χ1v) is 8.68. The Kier molecular flexibility index (Phi) is 4.93. The number of thiophene rings is 1. The lowest BCUT2D eigenvalue weighted by Crippen LogP contribution is -2.23. The molecule has 20 heavy (non-hydrogen) atoms. The van der Waals surface area contributed by atoms with Crippen LogP contribution in [0.4, 0.5) is 0 Å². The van der Waals surface area contributed by atoms with Crippen LogP contribution >= 0.6 is 11.3 Å². The number of hydrogen-bond acceptors (Lipinski definition) is 4. The maximum atomic E-state index is 12.2. The van der Waals surface area contributed by atoms with Crippen LogP contribution in [-0.4, -0.2) is 13.5 Å². The summed E-state index contributed by atoms with van der Waals surface area (Å²) in [6.07, 6.45) is 0.763. The molecule has 0 radical (unpaired) electrons. The van der Waals surface area contributed by atoms with E-state index in [2.05, 4.69) is 4.72 Å². The average molecular weight is 311 g/mol. The molecule has 0 amide bonds. The van der Waals surface area contributed by atoms with Gasteiger partial charge in [0.1, 0.15) is 0 Å². The Morgan fingerprint density at radius 1 is 1.25 bits per heavy atom. The van der Waals surface area contributed by atoms with Crippen molar-refractivity contribution in [2.24, 2.45) is 0 Å². The van der Waals surface area contributed by atoms with Gasteiger partial charge in [0, 0.05) is 11.4 Å². The molecule has 0 spiro atoms. The minimum atomic E-state index is -3.55. The summed E-state index contributed by atoms with van der Waals surface area (Å²) in [6.45, 7) is 2.10. The van der Waals surface area contributed by atoms with E-state index in [1.165, 1.54) is 17.4 Å². The van der Waals surface area contributed by atoms with Gasteiger partial charge in [-0.1, -0.05) is 19.1 Å². The molecular formula is C14H17NO3S2. The summed E-state index contributed by atoms with van der Waals surface area (Å²) in [7, 11) is -3.55. The van der Waals surface area contributed by atoms with Crippen LogP contribution in [0, 0.1) is 0 Å². The van der Waals surface area contributed by atoms with Gasteiger partial charge in [-0.25, -0.2) is 13.1 Å². The lowest BCUT2D eigenvalue weighted by Gasteiger charge is -2.10. The highest BCUT2D eigenvalue weighted by atomic mass is 32.2. The number of rotatable bonds is 6. The highest BCUT2D eigenvalue weighted by molar-refractivity contribution is 7.89. The molecule has 0 fully saturated rings. The molecule has 2 aromatic rings. The quantitative estimate of drug-likeness (QED) is 0.860. The van der Waals surface area contributed by atoms with Crippen molar-refractivity contribution in [1.82, 2.24) is 4.72 Å².